The lowest BCUT2D eigenvalue weighted by molar-refractivity contribution is -0.139. The molecule has 0 heterocycles. The number of fused-ring (bicyclic) bond motifs is 3. The second kappa shape index (κ2) is 10.1. The van der Waals surface area contributed by atoms with Gasteiger partial charge >= 0.3 is 12.1 Å². The van der Waals surface area contributed by atoms with Crippen molar-refractivity contribution >= 4 is 18.0 Å². The van der Waals surface area contributed by atoms with E-state index in [4.69, 9.17) is 9.84 Å². The van der Waals surface area contributed by atoms with Gasteiger partial charge < -0.3 is 20.5 Å². The first kappa shape index (κ1) is 22.8. The van der Waals surface area contributed by atoms with Gasteiger partial charge in [0.15, 0.2) is 0 Å². The van der Waals surface area contributed by atoms with Crippen molar-refractivity contribution < 1.29 is 24.2 Å². The summed E-state index contributed by atoms with van der Waals surface area (Å²) in [4.78, 5) is 35.2. The van der Waals surface area contributed by atoms with E-state index >= 15 is 0 Å². The Morgan fingerprint density at radius 1 is 1.03 bits per heavy atom. The quantitative estimate of drug-likeness (QED) is 0.478. The Hall–Kier alpha value is -3.35. The summed E-state index contributed by atoms with van der Waals surface area (Å²) in [6, 6.07) is 16.4. The molecule has 174 valence electrons. The summed E-state index contributed by atoms with van der Waals surface area (Å²) >= 11 is 0. The second-order valence-corrected chi connectivity index (χ2v) is 8.98. The van der Waals surface area contributed by atoms with Crippen molar-refractivity contribution in [1.82, 2.24) is 10.6 Å². The summed E-state index contributed by atoms with van der Waals surface area (Å²) in [6.45, 7) is 2.96. The summed E-state index contributed by atoms with van der Waals surface area (Å²) < 4.78 is 5.52. The van der Waals surface area contributed by atoms with Gasteiger partial charge in [0.1, 0.15) is 6.61 Å². The van der Waals surface area contributed by atoms with Gasteiger partial charge in [-0.05, 0) is 47.4 Å². The van der Waals surface area contributed by atoms with Gasteiger partial charge in [-0.1, -0.05) is 55.5 Å². The summed E-state index contributed by atoms with van der Waals surface area (Å²) in [5.74, 6) is -1.31. The highest BCUT2D eigenvalue weighted by Gasteiger charge is 2.43. The Morgan fingerprint density at radius 3 is 2.27 bits per heavy atom. The highest BCUT2D eigenvalue weighted by atomic mass is 16.5. The van der Waals surface area contributed by atoms with Crippen LogP contribution < -0.4 is 10.6 Å². The summed E-state index contributed by atoms with van der Waals surface area (Å²) in [5.41, 5.74) is 4.73. The largest absolute Gasteiger partial charge is 0.481 e. The van der Waals surface area contributed by atoms with Gasteiger partial charge in [-0.25, -0.2) is 4.79 Å². The van der Waals surface area contributed by atoms with E-state index in [0.29, 0.717) is 32.4 Å². The number of rotatable bonds is 10. The average molecular weight is 451 g/mol. The number of benzene rings is 2. The molecule has 2 amide bonds. The van der Waals surface area contributed by atoms with Crippen LogP contribution >= 0.6 is 0 Å². The number of aliphatic carboxylic acids is 1. The Morgan fingerprint density at radius 2 is 1.67 bits per heavy atom. The van der Waals surface area contributed by atoms with E-state index in [1.165, 1.54) is 22.3 Å². The first-order valence-electron chi connectivity index (χ1n) is 11.5. The van der Waals surface area contributed by atoms with Crippen LogP contribution in [-0.2, 0) is 14.3 Å². The fourth-order valence-electron chi connectivity index (χ4n) is 4.56. The molecule has 3 unspecified atom stereocenters. The lowest BCUT2D eigenvalue weighted by atomic mass is 9.98. The standard InChI is InChI=1S/C26H30N2O5/c1-16(24(29)28-14-17-13-22(17)25(30)31)7-6-12-27-26(32)33-15-23-20-10-4-2-8-18(20)19-9-3-5-11-21(19)23/h2-5,8-11,16-17,22-23H,6-7,12-15H2,1H3,(H,27,32)(H,28,29)(H,30,31). The third-order valence-electron chi connectivity index (χ3n) is 6.65. The smallest absolute Gasteiger partial charge is 0.407 e. The second-order valence-electron chi connectivity index (χ2n) is 8.98. The molecule has 0 bridgehead atoms. The fourth-order valence-corrected chi connectivity index (χ4v) is 4.56. The highest BCUT2D eigenvalue weighted by Crippen LogP contribution is 2.44. The molecule has 2 aliphatic rings. The summed E-state index contributed by atoms with van der Waals surface area (Å²) in [7, 11) is 0. The number of carbonyl (C=O) groups is 3. The lowest BCUT2D eigenvalue weighted by Gasteiger charge is -2.15. The molecule has 1 fully saturated rings. The molecule has 33 heavy (non-hydrogen) atoms. The monoisotopic (exact) mass is 450 g/mol. The molecule has 0 aliphatic heterocycles. The lowest BCUT2D eigenvalue weighted by Crippen LogP contribution is -2.32. The molecule has 7 heteroatoms. The molecule has 2 aliphatic carbocycles. The van der Waals surface area contributed by atoms with E-state index in [1.54, 1.807) is 0 Å². The number of carbonyl (C=O) groups excluding carboxylic acids is 2. The summed E-state index contributed by atoms with van der Waals surface area (Å²) in [6.07, 6.45) is 1.46. The third-order valence-corrected chi connectivity index (χ3v) is 6.65. The molecule has 0 spiro atoms. The Kier molecular flexibility index (Phi) is 6.96. The molecule has 1 saturated carbocycles. The zero-order chi connectivity index (χ0) is 23.4. The Bertz CT molecular complexity index is 991. The van der Waals surface area contributed by atoms with E-state index in [9.17, 15) is 14.4 Å². The number of amides is 2. The van der Waals surface area contributed by atoms with Gasteiger partial charge in [0, 0.05) is 24.9 Å². The number of hydrogen-bond acceptors (Lipinski definition) is 4. The first-order valence-corrected chi connectivity index (χ1v) is 11.5. The van der Waals surface area contributed by atoms with Crippen LogP contribution in [0.5, 0.6) is 0 Å². The van der Waals surface area contributed by atoms with Crippen LogP contribution in [0.1, 0.15) is 43.2 Å². The molecule has 0 aromatic heterocycles. The highest BCUT2D eigenvalue weighted by molar-refractivity contribution is 5.79. The minimum absolute atomic E-state index is 0.0269. The predicted molar refractivity (Wildman–Crippen MR) is 124 cm³/mol. The number of carboxylic acid groups (broad SMARTS) is 1. The van der Waals surface area contributed by atoms with Gasteiger partial charge in [-0.3, -0.25) is 9.59 Å². The maximum atomic E-state index is 12.2. The van der Waals surface area contributed by atoms with Crippen molar-refractivity contribution in [2.45, 2.75) is 32.1 Å². The normalized spacial score (nSPS) is 19.2. The van der Waals surface area contributed by atoms with Crippen LogP contribution in [0.2, 0.25) is 0 Å². The molecule has 0 saturated heterocycles. The number of ether oxygens (including phenoxy) is 1. The average Bonchev–Trinajstić information content (AvgIpc) is 3.54. The van der Waals surface area contributed by atoms with Crippen LogP contribution in [0.4, 0.5) is 4.79 Å². The molecular formula is C26H30N2O5. The van der Waals surface area contributed by atoms with Gasteiger partial charge in [-0.2, -0.15) is 0 Å². The van der Waals surface area contributed by atoms with Gasteiger partial charge in [0.05, 0.1) is 5.92 Å². The fraction of sp³-hybridized carbons (Fsp3) is 0.423. The van der Waals surface area contributed by atoms with E-state index in [0.717, 1.165) is 0 Å². The van der Waals surface area contributed by atoms with E-state index in [2.05, 4.69) is 34.9 Å². The summed E-state index contributed by atoms with van der Waals surface area (Å²) in [5, 5.41) is 14.5. The Balaban J connectivity index is 1.15. The molecule has 0 radical (unpaired) electrons. The maximum Gasteiger partial charge on any atom is 0.407 e. The zero-order valence-corrected chi connectivity index (χ0v) is 18.8. The number of alkyl carbamates (subject to hydrolysis) is 1. The van der Waals surface area contributed by atoms with Crippen LogP contribution in [0.25, 0.3) is 11.1 Å². The predicted octanol–water partition coefficient (Wildman–Crippen LogP) is 3.78. The van der Waals surface area contributed by atoms with Gasteiger partial charge in [0.25, 0.3) is 0 Å². The maximum absolute atomic E-state index is 12.2. The molecular weight excluding hydrogens is 420 g/mol. The SMILES string of the molecule is CC(CCCNC(=O)OCC1c2ccccc2-c2ccccc21)C(=O)NCC1CC1C(=O)O. The van der Waals surface area contributed by atoms with E-state index in [1.807, 2.05) is 31.2 Å². The van der Waals surface area contributed by atoms with Gasteiger partial charge in [-0.15, -0.1) is 0 Å². The molecule has 7 nitrogen and oxygen atoms in total. The number of hydrogen-bond donors (Lipinski definition) is 3. The van der Waals surface area contributed by atoms with Crippen molar-refractivity contribution in [1.29, 1.82) is 0 Å². The first-order chi connectivity index (χ1) is 16.0. The van der Waals surface area contributed by atoms with Crippen LogP contribution in [-0.4, -0.2) is 42.8 Å². The third kappa shape index (κ3) is 5.35. The molecule has 2 aromatic carbocycles. The van der Waals surface area contributed by atoms with E-state index < -0.39 is 12.1 Å². The minimum atomic E-state index is -0.790. The van der Waals surface area contributed by atoms with Gasteiger partial charge in [0.2, 0.25) is 5.91 Å². The molecule has 2 aromatic rings. The number of carboxylic acids is 1. The van der Waals surface area contributed by atoms with E-state index in [-0.39, 0.29) is 36.2 Å². The van der Waals surface area contributed by atoms with Crippen molar-refractivity contribution in [3.8, 4) is 11.1 Å². The molecule has 3 N–H and O–H groups in total. The van der Waals surface area contributed by atoms with Crippen molar-refractivity contribution in [3.63, 3.8) is 0 Å². The van der Waals surface area contributed by atoms with Crippen molar-refractivity contribution in [2.24, 2.45) is 17.8 Å². The molecule has 4 rings (SSSR count). The Labute approximate surface area is 193 Å². The zero-order valence-electron chi connectivity index (χ0n) is 18.8. The van der Waals surface area contributed by atoms with Crippen LogP contribution in [0.3, 0.4) is 0 Å². The topological polar surface area (TPSA) is 105 Å². The van der Waals surface area contributed by atoms with Crippen molar-refractivity contribution in [2.75, 3.05) is 19.7 Å². The van der Waals surface area contributed by atoms with Crippen LogP contribution in [0, 0.1) is 17.8 Å². The van der Waals surface area contributed by atoms with Crippen LogP contribution in [0.15, 0.2) is 48.5 Å². The minimum Gasteiger partial charge on any atom is -0.481 e. The molecule has 3 atom stereocenters. The van der Waals surface area contributed by atoms with Crippen molar-refractivity contribution in [3.05, 3.63) is 59.7 Å². The number of nitrogens with one attached hydrogen (secondary N) is 2.